The molecule has 0 unspecified atom stereocenters. The first-order valence-electron chi connectivity index (χ1n) is 7.72. The molecular formula is C18H18N4O2. The van der Waals surface area contributed by atoms with Crippen LogP contribution in [-0.4, -0.2) is 21.0 Å². The molecule has 0 fully saturated rings. The van der Waals surface area contributed by atoms with Crippen molar-refractivity contribution in [2.24, 2.45) is 0 Å². The highest BCUT2D eigenvalue weighted by Gasteiger charge is 2.11. The molecule has 24 heavy (non-hydrogen) atoms. The molecule has 1 amide bonds. The number of aryl methyl sites for hydroxylation is 3. The first-order valence-corrected chi connectivity index (χ1v) is 7.72. The van der Waals surface area contributed by atoms with Crippen LogP contribution in [-0.2, 0) is 11.2 Å². The molecule has 3 rings (SSSR count). The third kappa shape index (κ3) is 4.04. The quantitative estimate of drug-likeness (QED) is 0.779. The Balaban J connectivity index is 1.57. The third-order valence-corrected chi connectivity index (χ3v) is 3.52. The maximum absolute atomic E-state index is 12.0. The van der Waals surface area contributed by atoms with Gasteiger partial charge in [-0.25, -0.2) is 0 Å². The first-order chi connectivity index (χ1) is 11.6. The van der Waals surface area contributed by atoms with E-state index in [0.29, 0.717) is 18.1 Å². The molecule has 0 spiro atoms. The number of nitrogens with zero attached hydrogens (tertiary/aromatic N) is 3. The van der Waals surface area contributed by atoms with Gasteiger partial charge < -0.3 is 9.84 Å². The molecule has 0 radical (unpaired) electrons. The van der Waals surface area contributed by atoms with Crippen LogP contribution in [0, 0.1) is 13.8 Å². The number of hydrogen-bond donors (Lipinski definition) is 1. The predicted octanol–water partition coefficient (Wildman–Crippen LogP) is 3.32. The molecule has 6 heteroatoms. The number of carbonyl (C=O) groups excluding carboxylic acids is 1. The highest BCUT2D eigenvalue weighted by Crippen LogP contribution is 2.17. The van der Waals surface area contributed by atoms with E-state index in [1.807, 2.05) is 44.2 Å². The lowest BCUT2D eigenvalue weighted by Crippen LogP contribution is -2.12. The van der Waals surface area contributed by atoms with Crippen LogP contribution >= 0.6 is 0 Å². The summed E-state index contributed by atoms with van der Waals surface area (Å²) in [6.45, 7) is 3.90. The van der Waals surface area contributed by atoms with Gasteiger partial charge in [0.25, 0.3) is 0 Å². The summed E-state index contributed by atoms with van der Waals surface area (Å²) in [6.07, 6.45) is 2.34. The molecular weight excluding hydrogens is 304 g/mol. The monoisotopic (exact) mass is 322 g/mol. The molecule has 0 atom stereocenters. The summed E-state index contributed by atoms with van der Waals surface area (Å²) in [5.41, 5.74) is 3.66. The summed E-state index contributed by atoms with van der Waals surface area (Å²) in [6, 6.07) is 11.5. The molecule has 0 saturated heterocycles. The van der Waals surface area contributed by atoms with E-state index in [-0.39, 0.29) is 12.3 Å². The highest BCUT2D eigenvalue weighted by molar-refractivity contribution is 5.90. The van der Waals surface area contributed by atoms with Crippen molar-refractivity contribution in [3.63, 3.8) is 0 Å². The smallest absolute Gasteiger partial charge is 0.227 e. The number of benzene rings is 1. The predicted molar refractivity (Wildman–Crippen MR) is 90.4 cm³/mol. The molecule has 2 aromatic heterocycles. The number of anilines is 1. The van der Waals surface area contributed by atoms with Crippen molar-refractivity contribution in [1.29, 1.82) is 0 Å². The minimum atomic E-state index is -0.101. The van der Waals surface area contributed by atoms with Gasteiger partial charge in [-0.3, -0.25) is 9.78 Å². The lowest BCUT2D eigenvalue weighted by atomic mass is 10.1. The van der Waals surface area contributed by atoms with Gasteiger partial charge in [-0.15, -0.1) is 0 Å². The van der Waals surface area contributed by atoms with E-state index < -0.39 is 0 Å². The Morgan fingerprint density at radius 2 is 1.96 bits per heavy atom. The van der Waals surface area contributed by atoms with Crippen LogP contribution in [0.25, 0.3) is 11.4 Å². The molecule has 0 aliphatic heterocycles. The molecule has 3 aromatic rings. The highest BCUT2D eigenvalue weighted by atomic mass is 16.5. The number of nitrogens with one attached hydrogen (secondary N) is 1. The second kappa shape index (κ2) is 7.04. The standard InChI is InChI=1S/C18H18N4O2/c1-12-3-5-14(6-4-12)18-21-17(24-22-18)8-7-16(23)20-15-9-10-19-13(2)11-15/h3-6,9-11H,7-8H2,1-2H3,(H,19,20,23). The van der Waals surface area contributed by atoms with Crippen LogP contribution in [0.4, 0.5) is 5.69 Å². The number of carbonyl (C=O) groups is 1. The fourth-order valence-corrected chi connectivity index (χ4v) is 2.24. The Morgan fingerprint density at radius 1 is 1.17 bits per heavy atom. The number of pyridine rings is 1. The zero-order chi connectivity index (χ0) is 16.9. The normalized spacial score (nSPS) is 10.6. The Morgan fingerprint density at radius 3 is 2.71 bits per heavy atom. The summed E-state index contributed by atoms with van der Waals surface area (Å²) in [4.78, 5) is 20.4. The van der Waals surface area contributed by atoms with Crippen LogP contribution in [0.1, 0.15) is 23.6 Å². The van der Waals surface area contributed by atoms with Crippen molar-refractivity contribution in [3.8, 4) is 11.4 Å². The van der Waals surface area contributed by atoms with Crippen LogP contribution in [0.3, 0.4) is 0 Å². The Hall–Kier alpha value is -3.02. The van der Waals surface area contributed by atoms with E-state index in [9.17, 15) is 4.79 Å². The Bertz CT molecular complexity index is 840. The van der Waals surface area contributed by atoms with Gasteiger partial charge in [-0.05, 0) is 26.0 Å². The zero-order valence-corrected chi connectivity index (χ0v) is 13.6. The average molecular weight is 322 g/mol. The SMILES string of the molecule is Cc1ccc(-c2noc(CCC(=O)Nc3ccnc(C)c3)n2)cc1. The molecule has 6 nitrogen and oxygen atoms in total. The van der Waals surface area contributed by atoms with Gasteiger partial charge in [0, 0.05) is 36.0 Å². The summed E-state index contributed by atoms with van der Waals surface area (Å²) >= 11 is 0. The lowest BCUT2D eigenvalue weighted by Gasteiger charge is -2.04. The Kier molecular flexibility index (Phi) is 4.65. The van der Waals surface area contributed by atoms with Crippen LogP contribution in [0.2, 0.25) is 0 Å². The summed E-state index contributed by atoms with van der Waals surface area (Å²) in [5, 5.41) is 6.79. The molecule has 0 aliphatic rings. The van der Waals surface area contributed by atoms with Gasteiger partial charge in [0.05, 0.1) is 0 Å². The Labute approximate surface area is 139 Å². The van der Waals surface area contributed by atoms with Crippen molar-refractivity contribution in [3.05, 3.63) is 59.7 Å². The summed E-state index contributed by atoms with van der Waals surface area (Å²) in [7, 11) is 0. The van der Waals surface area contributed by atoms with E-state index >= 15 is 0 Å². The van der Waals surface area contributed by atoms with Gasteiger partial charge in [0.15, 0.2) is 0 Å². The van der Waals surface area contributed by atoms with E-state index in [1.165, 1.54) is 5.56 Å². The number of hydrogen-bond acceptors (Lipinski definition) is 5. The maximum Gasteiger partial charge on any atom is 0.227 e. The molecule has 0 saturated carbocycles. The van der Waals surface area contributed by atoms with E-state index in [4.69, 9.17) is 4.52 Å². The molecule has 0 bridgehead atoms. The summed E-state index contributed by atoms with van der Waals surface area (Å²) < 4.78 is 5.22. The minimum Gasteiger partial charge on any atom is -0.339 e. The largest absolute Gasteiger partial charge is 0.339 e. The number of aromatic nitrogens is 3. The minimum absolute atomic E-state index is 0.101. The van der Waals surface area contributed by atoms with Gasteiger partial charge in [0.2, 0.25) is 17.6 Å². The van der Waals surface area contributed by atoms with Crippen molar-refractivity contribution in [1.82, 2.24) is 15.1 Å². The molecule has 0 aliphatic carbocycles. The summed E-state index contributed by atoms with van der Waals surface area (Å²) in [5.74, 6) is 0.887. The topological polar surface area (TPSA) is 80.9 Å². The van der Waals surface area contributed by atoms with Gasteiger partial charge in [0.1, 0.15) is 0 Å². The molecule has 2 heterocycles. The zero-order valence-electron chi connectivity index (χ0n) is 13.6. The van der Waals surface area contributed by atoms with E-state index in [2.05, 4.69) is 20.4 Å². The first kappa shape index (κ1) is 15.9. The maximum atomic E-state index is 12.0. The molecule has 1 N–H and O–H groups in total. The number of rotatable bonds is 5. The van der Waals surface area contributed by atoms with Crippen LogP contribution in [0.5, 0.6) is 0 Å². The fourth-order valence-electron chi connectivity index (χ4n) is 2.24. The third-order valence-electron chi connectivity index (χ3n) is 3.52. The van der Waals surface area contributed by atoms with E-state index in [1.54, 1.807) is 12.3 Å². The number of amides is 1. The second-order valence-corrected chi connectivity index (χ2v) is 5.61. The van der Waals surface area contributed by atoms with Crippen molar-refractivity contribution >= 4 is 11.6 Å². The van der Waals surface area contributed by atoms with Gasteiger partial charge >= 0.3 is 0 Å². The van der Waals surface area contributed by atoms with Gasteiger partial charge in [-0.1, -0.05) is 35.0 Å². The average Bonchev–Trinajstić information content (AvgIpc) is 3.03. The molecule has 1 aromatic carbocycles. The van der Waals surface area contributed by atoms with Crippen LogP contribution < -0.4 is 5.32 Å². The van der Waals surface area contributed by atoms with Crippen molar-refractivity contribution in [2.75, 3.05) is 5.32 Å². The van der Waals surface area contributed by atoms with Crippen LogP contribution in [0.15, 0.2) is 47.1 Å². The van der Waals surface area contributed by atoms with E-state index in [0.717, 1.165) is 16.9 Å². The lowest BCUT2D eigenvalue weighted by molar-refractivity contribution is -0.116. The van der Waals surface area contributed by atoms with Gasteiger partial charge in [-0.2, -0.15) is 4.98 Å². The fraction of sp³-hybridized carbons (Fsp3) is 0.222. The molecule has 122 valence electrons. The second-order valence-electron chi connectivity index (χ2n) is 5.61. The van der Waals surface area contributed by atoms with Crippen molar-refractivity contribution in [2.45, 2.75) is 26.7 Å². The van der Waals surface area contributed by atoms with Crippen molar-refractivity contribution < 1.29 is 9.32 Å².